The van der Waals surface area contributed by atoms with E-state index in [2.05, 4.69) is 15.4 Å². The lowest BCUT2D eigenvalue weighted by Crippen LogP contribution is -2.35. The number of nitrogens with one attached hydrogen (secondary N) is 1. The molecule has 3 heterocycles. The minimum Gasteiger partial charge on any atom is -0.487 e. The van der Waals surface area contributed by atoms with Crippen LogP contribution in [0.3, 0.4) is 0 Å². The molecule has 2 aromatic heterocycles. The van der Waals surface area contributed by atoms with Gasteiger partial charge in [-0.05, 0) is 18.6 Å². The van der Waals surface area contributed by atoms with Crippen molar-refractivity contribution in [3.8, 4) is 5.75 Å². The van der Waals surface area contributed by atoms with Gasteiger partial charge in [0.05, 0.1) is 18.4 Å². The molecule has 0 spiro atoms. The number of pyridine rings is 1. The number of anilines is 1. The maximum absolute atomic E-state index is 12.4. The zero-order chi connectivity index (χ0) is 16.2. The lowest BCUT2D eigenvalue weighted by molar-refractivity contribution is 0.194. The molecular weight excluding hydrogens is 294 g/mol. The van der Waals surface area contributed by atoms with Gasteiger partial charge in [-0.3, -0.25) is 15.0 Å². The predicted octanol–water partition coefficient (Wildman–Crippen LogP) is 2.06. The van der Waals surface area contributed by atoms with Crippen LogP contribution >= 0.6 is 0 Å². The van der Waals surface area contributed by atoms with Gasteiger partial charge in [-0.1, -0.05) is 6.92 Å². The van der Waals surface area contributed by atoms with Crippen LogP contribution in [-0.4, -0.2) is 44.9 Å². The molecule has 1 atom stereocenters. The monoisotopic (exact) mass is 315 g/mol. The summed E-state index contributed by atoms with van der Waals surface area (Å²) >= 11 is 0. The van der Waals surface area contributed by atoms with Gasteiger partial charge < -0.3 is 9.64 Å². The summed E-state index contributed by atoms with van der Waals surface area (Å²) in [5.74, 6) is 1.45. The van der Waals surface area contributed by atoms with Crippen LogP contribution in [0.4, 0.5) is 10.6 Å². The number of hydrogen-bond donors (Lipinski definition) is 1. The molecule has 1 aliphatic heterocycles. The van der Waals surface area contributed by atoms with Crippen molar-refractivity contribution in [2.45, 2.75) is 25.9 Å². The first kappa shape index (κ1) is 15.3. The summed E-state index contributed by atoms with van der Waals surface area (Å²) in [6.07, 6.45) is 5.05. The zero-order valence-corrected chi connectivity index (χ0v) is 13.4. The standard InChI is InChI=1S/C16H21N5O2/c1-3-12-9-15(20(2)19-12)18-16(22)21-8-6-14(11-21)23-13-5-4-7-17-10-13/h4-5,7,9-10,14H,3,6,8,11H2,1-2H3,(H,18,22)/t14-/m1/s1. The third-order valence-corrected chi connectivity index (χ3v) is 3.90. The molecular formula is C16H21N5O2. The molecule has 0 saturated carbocycles. The number of likely N-dealkylation sites (tertiary alicyclic amines) is 1. The fourth-order valence-electron chi connectivity index (χ4n) is 2.62. The van der Waals surface area contributed by atoms with Gasteiger partial charge in [0.15, 0.2) is 0 Å². The van der Waals surface area contributed by atoms with Crippen molar-refractivity contribution >= 4 is 11.8 Å². The number of aryl methyl sites for hydroxylation is 2. The molecule has 0 aliphatic carbocycles. The van der Waals surface area contributed by atoms with Crippen LogP contribution < -0.4 is 10.1 Å². The molecule has 122 valence electrons. The average molecular weight is 315 g/mol. The number of ether oxygens (including phenoxy) is 1. The summed E-state index contributed by atoms with van der Waals surface area (Å²) in [5.41, 5.74) is 0.960. The van der Waals surface area contributed by atoms with E-state index in [0.29, 0.717) is 18.9 Å². The molecule has 2 amide bonds. The summed E-state index contributed by atoms with van der Waals surface area (Å²) in [6, 6.07) is 5.49. The van der Waals surface area contributed by atoms with Gasteiger partial charge in [-0.2, -0.15) is 5.10 Å². The number of carbonyl (C=O) groups is 1. The van der Waals surface area contributed by atoms with Crippen LogP contribution in [0.1, 0.15) is 19.0 Å². The molecule has 1 aliphatic rings. The second-order valence-corrected chi connectivity index (χ2v) is 5.59. The Morgan fingerprint density at radius 2 is 2.39 bits per heavy atom. The van der Waals surface area contributed by atoms with Crippen LogP contribution in [0.15, 0.2) is 30.6 Å². The molecule has 0 aromatic carbocycles. The van der Waals surface area contributed by atoms with Crippen molar-refractivity contribution in [3.63, 3.8) is 0 Å². The van der Waals surface area contributed by atoms with E-state index in [1.807, 2.05) is 32.2 Å². The molecule has 23 heavy (non-hydrogen) atoms. The molecule has 0 radical (unpaired) electrons. The van der Waals surface area contributed by atoms with Gasteiger partial charge >= 0.3 is 6.03 Å². The molecule has 7 nitrogen and oxygen atoms in total. The van der Waals surface area contributed by atoms with Gasteiger partial charge in [0.25, 0.3) is 0 Å². The lowest BCUT2D eigenvalue weighted by Gasteiger charge is -2.17. The SMILES string of the molecule is CCc1cc(NC(=O)N2CC[C@@H](Oc3cccnc3)C2)n(C)n1. The molecule has 7 heteroatoms. The van der Waals surface area contributed by atoms with Crippen molar-refractivity contribution in [1.82, 2.24) is 19.7 Å². The highest BCUT2D eigenvalue weighted by atomic mass is 16.5. The number of amides is 2. The first-order valence-corrected chi connectivity index (χ1v) is 7.81. The van der Waals surface area contributed by atoms with Gasteiger partial charge in [0, 0.05) is 32.3 Å². The highest BCUT2D eigenvalue weighted by molar-refractivity contribution is 5.88. The van der Waals surface area contributed by atoms with E-state index in [1.54, 1.807) is 22.0 Å². The maximum atomic E-state index is 12.4. The average Bonchev–Trinajstić information content (AvgIpc) is 3.15. The Morgan fingerprint density at radius 1 is 1.52 bits per heavy atom. The van der Waals surface area contributed by atoms with E-state index in [9.17, 15) is 4.79 Å². The predicted molar refractivity (Wildman–Crippen MR) is 86.4 cm³/mol. The third-order valence-electron chi connectivity index (χ3n) is 3.90. The van der Waals surface area contributed by atoms with Crippen LogP contribution in [0.25, 0.3) is 0 Å². The summed E-state index contributed by atoms with van der Waals surface area (Å²) in [7, 11) is 1.83. The Morgan fingerprint density at radius 3 is 3.09 bits per heavy atom. The van der Waals surface area contributed by atoms with E-state index in [4.69, 9.17) is 4.74 Å². The molecule has 0 bridgehead atoms. The second-order valence-electron chi connectivity index (χ2n) is 5.59. The van der Waals surface area contributed by atoms with E-state index in [-0.39, 0.29) is 12.1 Å². The van der Waals surface area contributed by atoms with Crippen LogP contribution in [-0.2, 0) is 13.5 Å². The number of urea groups is 1. The van der Waals surface area contributed by atoms with E-state index >= 15 is 0 Å². The molecule has 1 fully saturated rings. The Bertz CT molecular complexity index is 670. The molecule has 1 N–H and O–H groups in total. The fraction of sp³-hybridized carbons (Fsp3) is 0.438. The Hall–Kier alpha value is -2.57. The molecule has 0 unspecified atom stereocenters. The van der Waals surface area contributed by atoms with Crippen molar-refractivity contribution in [2.24, 2.45) is 7.05 Å². The minimum atomic E-state index is -0.118. The maximum Gasteiger partial charge on any atom is 0.323 e. The fourth-order valence-corrected chi connectivity index (χ4v) is 2.62. The molecule has 1 saturated heterocycles. The van der Waals surface area contributed by atoms with Gasteiger partial charge in [0.2, 0.25) is 0 Å². The normalized spacial score (nSPS) is 17.3. The topological polar surface area (TPSA) is 72.3 Å². The summed E-state index contributed by atoms with van der Waals surface area (Å²) < 4.78 is 7.54. The van der Waals surface area contributed by atoms with Crippen molar-refractivity contribution in [3.05, 3.63) is 36.3 Å². The number of rotatable bonds is 4. The summed E-state index contributed by atoms with van der Waals surface area (Å²) in [5, 5.41) is 7.24. The van der Waals surface area contributed by atoms with Crippen molar-refractivity contribution in [1.29, 1.82) is 0 Å². The van der Waals surface area contributed by atoms with Gasteiger partial charge in [-0.25, -0.2) is 4.79 Å². The van der Waals surface area contributed by atoms with Crippen LogP contribution in [0.2, 0.25) is 0 Å². The first-order valence-electron chi connectivity index (χ1n) is 7.81. The number of hydrogen-bond acceptors (Lipinski definition) is 4. The van der Waals surface area contributed by atoms with E-state index < -0.39 is 0 Å². The van der Waals surface area contributed by atoms with Gasteiger partial charge in [-0.15, -0.1) is 0 Å². The highest BCUT2D eigenvalue weighted by Crippen LogP contribution is 2.18. The first-order chi connectivity index (χ1) is 11.2. The van der Waals surface area contributed by atoms with Crippen molar-refractivity contribution in [2.75, 3.05) is 18.4 Å². The van der Waals surface area contributed by atoms with Crippen LogP contribution in [0, 0.1) is 0 Å². The van der Waals surface area contributed by atoms with Crippen LogP contribution in [0.5, 0.6) is 5.75 Å². The lowest BCUT2D eigenvalue weighted by atomic mass is 10.3. The molecule has 3 rings (SSSR count). The minimum absolute atomic E-state index is 0.00249. The molecule has 2 aromatic rings. The number of aromatic nitrogens is 3. The largest absolute Gasteiger partial charge is 0.487 e. The van der Waals surface area contributed by atoms with Crippen molar-refractivity contribution < 1.29 is 9.53 Å². The summed E-state index contributed by atoms with van der Waals surface area (Å²) in [6.45, 7) is 3.28. The second kappa shape index (κ2) is 6.68. The smallest absolute Gasteiger partial charge is 0.323 e. The zero-order valence-electron chi connectivity index (χ0n) is 13.4. The third kappa shape index (κ3) is 3.61. The number of carbonyl (C=O) groups excluding carboxylic acids is 1. The number of nitrogens with zero attached hydrogens (tertiary/aromatic N) is 4. The summed E-state index contributed by atoms with van der Waals surface area (Å²) in [4.78, 5) is 18.2. The Kier molecular flexibility index (Phi) is 4.45. The quantitative estimate of drug-likeness (QED) is 0.937. The van der Waals surface area contributed by atoms with Gasteiger partial charge in [0.1, 0.15) is 17.7 Å². The Balaban J connectivity index is 1.56. The van der Waals surface area contributed by atoms with E-state index in [1.165, 1.54) is 0 Å². The highest BCUT2D eigenvalue weighted by Gasteiger charge is 2.28. The Labute approximate surface area is 135 Å². The van der Waals surface area contributed by atoms with E-state index in [0.717, 1.165) is 24.3 Å².